The van der Waals surface area contributed by atoms with Crippen LogP contribution in [-0.2, 0) is 15.9 Å². The Morgan fingerprint density at radius 2 is 1.82 bits per heavy atom. The Kier molecular flexibility index (Phi) is 6.42. The highest BCUT2D eigenvalue weighted by atomic mass is 32.2. The van der Waals surface area contributed by atoms with Crippen LogP contribution in [0.3, 0.4) is 0 Å². The Morgan fingerprint density at radius 1 is 1.23 bits per heavy atom. The van der Waals surface area contributed by atoms with Crippen molar-refractivity contribution in [1.82, 2.24) is 9.97 Å². The van der Waals surface area contributed by atoms with Crippen molar-refractivity contribution in [3.63, 3.8) is 0 Å². The van der Waals surface area contributed by atoms with E-state index in [-0.39, 0.29) is 17.3 Å². The van der Waals surface area contributed by atoms with E-state index in [1.807, 2.05) is 0 Å². The summed E-state index contributed by atoms with van der Waals surface area (Å²) in [4.78, 5) is 18.0. The van der Waals surface area contributed by atoms with Crippen LogP contribution in [0, 0.1) is 0 Å². The molecule has 2 aromatic rings. The number of hydrogen-bond acceptors (Lipinski definition) is 6. The molecule has 0 saturated carbocycles. The van der Waals surface area contributed by atoms with E-state index in [1.165, 1.54) is 19.5 Å². The zero-order valence-corrected chi connectivity index (χ0v) is 12.5. The Labute approximate surface area is 127 Å². The summed E-state index contributed by atoms with van der Waals surface area (Å²) >= 11 is 0. The van der Waals surface area contributed by atoms with Crippen LogP contribution in [-0.4, -0.2) is 36.0 Å². The van der Waals surface area contributed by atoms with E-state index in [2.05, 4.69) is 9.97 Å². The van der Waals surface area contributed by atoms with Gasteiger partial charge >= 0.3 is 0 Å². The van der Waals surface area contributed by atoms with Gasteiger partial charge in [0, 0.05) is 12.4 Å². The minimum Gasteiger partial charge on any atom is -0.479 e. The zero-order chi connectivity index (χ0) is 16.6. The summed E-state index contributed by atoms with van der Waals surface area (Å²) in [5, 5.41) is 0. The number of aromatic nitrogens is 2. The first-order valence-corrected chi connectivity index (χ1v) is 7.58. The van der Waals surface area contributed by atoms with Crippen molar-refractivity contribution in [1.29, 1.82) is 0 Å². The van der Waals surface area contributed by atoms with Crippen LogP contribution < -0.4 is 10.5 Å². The van der Waals surface area contributed by atoms with Crippen molar-refractivity contribution in [2.75, 3.05) is 7.11 Å². The second kappa shape index (κ2) is 8.05. The molecule has 3 N–H and O–H groups in total. The molecule has 0 unspecified atom stereocenters. The van der Waals surface area contributed by atoms with Gasteiger partial charge in [0.2, 0.25) is 5.88 Å². The maximum Gasteiger partial charge on any atom is 0.272 e. The smallest absolute Gasteiger partial charge is 0.272 e. The number of hydrogen-bond donors (Lipinski definition) is 2. The number of carbonyl (C=O) groups is 1. The number of nitrogens with two attached hydrogens (primary N) is 1. The lowest BCUT2D eigenvalue weighted by atomic mass is 10.2. The highest BCUT2D eigenvalue weighted by molar-refractivity contribution is 7.85. The first-order chi connectivity index (χ1) is 10.3. The standard InChI is InChI=1S/C7H8O3S.C6H7N3O2/c8-11(9,10)6-7-4-2-1-3-5-7;1-11-6-4(5(7)10)8-2-3-9-6/h1-5H,6H2,(H,8,9,10);2-3H,1H3,(H2,7,10). The largest absolute Gasteiger partial charge is 0.479 e. The van der Waals surface area contributed by atoms with E-state index in [0.717, 1.165) is 0 Å². The van der Waals surface area contributed by atoms with E-state index < -0.39 is 16.0 Å². The molecule has 0 fully saturated rings. The summed E-state index contributed by atoms with van der Waals surface area (Å²) in [5.74, 6) is -0.802. The van der Waals surface area contributed by atoms with Crippen LogP contribution in [0.5, 0.6) is 5.88 Å². The molecule has 118 valence electrons. The van der Waals surface area contributed by atoms with Crippen LogP contribution in [0.25, 0.3) is 0 Å². The summed E-state index contributed by atoms with van der Waals surface area (Å²) in [6.45, 7) is 0. The molecule has 22 heavy (non-hydrogen) atoms. The average Bonchev–Trinajstić information content (AvgIpc) is 2.47. The van der Waals surface area contributed by atoms with Crippen LogP contribution in [0.15, 0.2) is 42.7 Å². The van der Waals surface area contributed by atoms with Crippen LogP contribution in [0.2, 0.25) is 0 Å². The number of ether oxygens (including phenoxy) is 1. The summed E-state index contributed by atoms with van der Waals surface area (Å²) in [7, 11) is -2.48. The van der Waals surface area contributed by atoms with Gasteiger partial charge in [0.15, 0.2) is 5.69 Å². The van der Waals surface area contributed by atoms with Gasteiger partial charge in [0.1, 0.15) is 5.75 Å². The number of primary amides is 1. The minimum atomic E-state index is -3.88. The SMILES string of the molecule is COc1nccnc1C(N)=O.O=S(=O)(O)Cc1ccccc1. The molecule has 0 bridgehead atoms. The molecule has 1 amide bonds. The fraction of sp³-hybridized carbons (Fsp3) is 0.154. The highest BCUT2D eigenvalue weighted by Crippen LogP contribution is 2.08. The fourth-order valence-corrected chi connectivity index (χ4v) is 2.04. The van der Waals surface area contributed by atoms with Crippen molar-refractivity contribution >= 4 is 16.0 Å². The molecule has 0 aliphatic carbocycles. The molecule has 1 aromatic carbocycles. The number of amides is 1. The molecule has 0 aliphatic heterocycles. The molecule has 8 nitrogen and oxygen atoms in total. The summed E-state index contributed by atoms with van der Waals surface area (Å²) < 4.78 is 33.9. The van der Waals surface area contributed by atoms with Crippen molar-refractivity contribution in [2.24, 2.45) is 5.73 Å². The third-order valence-electron chi connectivity index (χ3n) is 2.28. The molecule has 1 aromatic heterocycles. The number of carbonyl (C=O) groups excluding carboxylic acids is 1. The second-order valence-corrected chi connectivity index (χ2v) is 5.44. The first kappa shape index (κ1) is 17.5. The molecular formula is C13H15N3O5S. The van der Waals surface area contributed by atoms with Gasteiger partial charge in [0.25, 0.3) is 16.0 Å². The predicted molar refractivity (Wildman–Crippen MR) is 78.8 cm³/mol. The topological polar surface area (TPSA) is 132 Å². The van der Waals surface area contributed by atoms with Crippen LogP contribution >= 0.6 is 0 Å². The number of nitrogens with zero attached hydrogens (tertiary/aromatic N) is 2. The number of benzene rings is 1. The van der Waals surface area contributed by atoms with Gasteiger partial charge in [-0.2, -0.15) is 8.42 Å². The molecule has 0 saturated heterocycles. The molecule has 0 radical (unpaired) electrons. The van der Waals surface area contributed by atoms with Gasteiger partial charge in [-0.1, -0.05) is 30.3 Å². The maximum atomic E-state index is 10.6. The Bertz CT molecular complexity index is 719. The van der Waals surface area contributed by atoms with Crippen molar-refractivity contribution in [2.45, 2.75) is 5.75 Å². The Balaban J connectivity index is 0.000000220. The van der Waals surface area contributed by atoms with E-state index in [9.17, 15) is 13.2 Å². The normalized spacial score (nSPS) is 10.3. The van der Waals surface area contributed by atoms with E-state index in [4.69, 9.17) is 15.0 Å². The minimum absolute atomic E-state index is 0.0509. The lowest BCUT2D eigenvalue weighted by Gasteiger charge is -2.00. The van der Waals surface area contributed by atoms with Crippen molar-refractivity contribution in [3.8, 4) is 5.88 Å². The molecule has 0 spiro atoms. The van der Waals surface area contributed by atoms with E-state index in [1.54, 1.807) is 30.3 Å². The zero-order valence-electron chi connectivity index (χ0n) is 11.7. The Hall–Kier alpha value is -2.52. The van der Waals surface area contributed by atoms with Gasteiger partial charge in [0.05, 0.1) is 7.11 Å². The van der Waals surface area contributed by atoms with E-state index in [0.29, 0.717) is 5.56 Å². The lowest BCUT2D eigenvalue weighted by molar-refractivity contribution is 0.0991. The van der Waals surface area contributed by atoms with Crippen molar-refractivity contribution in [3.05, 3.63) is 54.0 Å². The summed E-state index contributed by atoms with van der Waals surface area (Å²) in [6, 6.07) is 8.52. The van der Waals surface area contributed by atoms with Crippen LogP contribution in [0.1, 0.15) is 16.1 Å². The molecule has 1 heterocycles. The average molecular weight is 325 g/mol. The molecule has 0 atom stereocenters. The number of rotatable bonds is 4. The second-order valence-electron chi connectivity index (χ2n) is 3.99. The van der Waals surface area contributed by atoms with E-state index >= 15 is 0 Å². The maximum absolute atomic E-state index is 10.6. The van der Waals surface area contributed by atoms with Gasteiger partial charge < -0.3 is 10.5 Å². The lowest BCUT2D eigenvalue weighted by Crippen LogP contribution is -2.14. The molecule has 0 aliphatic rings. The molecular weight excluding hydrogens is 310 g/mol. The van der Waals surface area contributed by atoms with Gasteiger partial charge in [-0.15, -0.1) is 0 Å². The number of methoxy groups -OCH3 is 1. The summed E-state index contributed by atoms with van der Waals surface area (Å²) in [6.07, 6.45) is 2.80. The third-order valence-corrected chi connectivity index (χ3v) is 2.98. The monoisotopic (exact) mass is 325 g/mol. The van der Waals surface area contributed by atoms with Gasteiger partial charge in [-0.25, -0.2) is 9.97 Å². The molecule has 2 rings (SSSR count). The van der Waals surface area contributed by atoms with Crippen molar-refractivity contribution < 1.29 is 22.5 Å². The van der Waals surface area contributed by atoms with Gasteiger partial charge in [-0.05, 0) is 5.56 Å². The fourth-order valence-electron chi connectivity index (χ4n) is 1.43. The third kappa shape index (κ3) is 6.29. The highest BCUT2D eigenvalue weighted by Gasteiger charge is 2.09. The predicted octanol–water partition coefficient (Wildman–Crippen LogP) is 0.658. The quantitative estimate of drug-likeness (QED) is 0.789. The Morgan fingerprint density at radius 3 is 2.27 bits per heavy atom. The van der Waals surface area contributed by atoms with Crippen LogP contribution in [0.4, 0.5) is 0 Å². The summed E-state index contributed by atoms with van der Waals surface area (Å²) in [5.41, 5.74) is 5.61. The molecule has 9 heteroatoms. The first-order valence-electron chi connectivity index (χ1n) is 5.97. The van der Waals surface area contributed by atoms with Gasteiger partial charge in [-0.3, -0.25) is 9.35 Å².